The van der Waals surface area contributed by atoms with E-state index in [9.17, 15) is 4.79 Å². The van der Waals surface area contributed by atoms with E-state index < -0.39 is 0 Å². The monoisotopic (exact) mass is 349 g/mol. The van der Waals surface area contributed by atoms with Crippen LogP contribution in [-0.2, 0) is 11.8 Å². The number of carbonyl (C=O) groups is 1. The molecule has 128 valence electrons. The van der Waals surface area contributed by atoms with Crippen LogP contribution in [0.3, 0.4) is 0 Å². The van der Waals surface area contributed by atoms with Crippen molar-refractivity contribution in [2.45, 2.75) is 12.5 Å². The topological polar surface area (TPSA) is 65.4 Å². The lowest BCUT2D eigenvalue weighted by atomic mass is 9.98. The van der Waals surface area contributed by atoms with E-state index in [1.807, 2.05) is 17.8 Å². The Morgan fingerprint density at radius 3 is 3.04 bits per heavy atom. The highest BCUT2D eigenvalue weighted by molar-refractivity contribution is 6.32. The van der Waals surface area contributed by atoms with E-state index in [2.05, 4.69) is 10.4 Å². The molecule has 1 aromatic heterocycles. The Kier molecular flexibility index (Phi) is 5.06. The Hall–Kier alpha value is -2.05. The molecule has 0 spiro atoms. The van der Waals surface area contributed by atoms with Crippen LogP contribution in [0.1, 0.15) is 28.6 Å². The van der Waals surface area contributed by atoms with Crippen molar-refractivity contribution >= 4 is 17.5 Å². The summed E-state index contributed by atoms with van der Waals surface area (Å²) in [5.41, 5.74) is 1.55. The molecule has 7 heteroatoms. The van der Waals surface area contributed by atoms with Gasteiger partial charge >= 0.3 is 0 Å². The van der Waals surface area contributed by atoms with Crippen LogP contribution in [0.15, 0.2) is 30.5 Å². The summed E-state index contributed by atoms with van der Waals surface area (Å²) in [6.45, 7) is 1.23. The molecular weight excluding hydrogens is 330 g/mol. The Morgan fingerprint density at radius 1 is 1.50 bits per heavy atom. The standard InChI is InChI=1S/C17H20ClN3O3/c1-21-14(5-7-20-21)16-12(6-8-24-16)10-19-17(22)11-3-4-13(18)15(9-11)23-2/h3-5,7,9,12,16H,6,8,10H2,1-2H3,(H,19,22)/t12-,16+/m0/s1. The van der Waals surface area contributed by atoms with Crippen LogP contribution in [0.25, 0.3) is 0 Å². The van der Waals surface area contributed by atoms with Gasteiger partial charge in [0.2, 0.25) is 0 Å². The van der Waals surface area contributed by atoms with Gasteiger partial charge in [0.15, 0.2) is 0 Å². The molecule has 0 unspecified atom stereocenters. The van der Waals surface area contributed by atoms with E-state index in [0.717, 1.165) is 12.1 Å². The van der Waals surface area contributed by atoms with Gasteiger partial charge in [-0.2, -0.15) is 5.10 Å². The molecule has 1 aliphatic rings. The van der Waals surface area contributed by atoms with Gasteiger partial charge in [-0.05, 0) is 30.7 Å². The maximum Gasteiger partial charge on any atom is 0.251 e. The minimum atomic E-state index is -0.152. The predicted molar refractivity (Wildman–Crippen MR) is 90.3 cm³/mol. The zero-order valence-corrected chi connectivity index (χ0v) is 14.4. The summed E-state index contributed by atoms with van der Waals surface area (Å²) < 4.78 is 12.8. The van der Waals surface area contributed by atoms with Gasteiger partial charge in [-0.25, -0.2) is 0 Å². The fraction of sp³-hybridized carbons (Fsp3) is 0.412. The van der Waals surface area contributed by atoms with Gasteiger partial charge in [-0.15, -0.1) is 0 Å². The first kappa shape index (κ1) is 16.8. The Balaban J connectivity index is 1.64. The third-order valence-corrected chi connectivity index (χ3v) is 4.61. The molecule has 0 aliphatic carbocycles. The number of nitrogens with zero attached hydrogens (tertiary/aromatic N) is 2. The number of ether oxygens (including phenoxy) is 2. The predicted octanol–water partition coefficient (Wildman–Crippen LogP) is 2.59. The zero-order valence-electron chi connectivity index (χ0n) is 13.7. The Bertz CT molecular complexity index is 732. The maximum atomic E-state index is 12.4. The summed E-state index contributed by atoms with van der Waals surface area (Å²) in [7, 11) is 3.42. The molecule has 1 saturated heterocycles. The van der Waals surface area contributed by atoms with Crippen LogP contribution >= 0.6 is 11.6 Å². The average Bonchev–Trinajstić information content (AvgIpc) is 3.21. The normalized spacial score (nSPS) is 20.1. The molecule has 1 N–H and O–H groups in total. The van der Waals surface area contributed by atoms with Crippen LogP contribution < -0.4 is 10.1 Å². The molecule has 1 aliphatic heterocycles. The molecule has 3 rings (SSSR count). The van der Waals surface area contributed by atoms with Gasteiger partial charge in [0.1, 0.15) is 11.9 Å². The SMILES string of the molecule is COc1cc(C(=O)NC[C@@H]2CCO[C@H]2c2ccnn2C)ccc1Cl. The molecule has 2 aromatic rings. The fourth-order valence-corrected chi connectivity index (χ4v) is 3.15. The highest BCUT2D eigenvalue weighted by Crippen LogP contribution is 2.33. The van der Waals surface area contributed by atoms with Gasteiger partial charge in [-0.3, -0.25) is 9.48 Å². The largest absolute Gasteiger partial charge is 0.495 e. The van der Waals surface area contributed by atoms with Gasteiger partial charge in [-0.1, -0.05) is 11.6 Å². The second kappa shape index (κ2) is 7.23. The number of hydrogen-bond acceptors (Lipinski definition) is 4. The van der Waals surface area contributed by atoms with Gasteiger partial charge in [0.05, 0.1) is 17.8 Å². The summed E-state index contributed by atoms with van der Waals surface area (Å²) in [6.07, 6.45) is 2.62. The van der Waals surface area contributed by atoms with E-state index in [1.54, 1.807) is 24.4 Å². The van der Waals surface area contributed by atoms with E-state index >= 15 is 0 Å². The number of benzene rings is 1. The first-order valence-electron chi connectivity index (χ1n) is 7.81. The summed E-state index contributed by atoms with van der Waals surface area (Å²) in [4.78, 5) is 12.4. The summed E-state index contributed by atoms with van der Waals surface area (Å²) in [5.74, 6) is 0.556. The Morgan fingerprint density at radius 2 is 2.33 bits per heavy atom. The third-order valence-electron chi connectivity index (χ3n) is 4.30. The maximum absolute atomic E-state index is 12.4. The third kappa shape index (κ3) is 3.39. The number of halogens is 1. The van der Waals surface area contributed by atoms with Gasteiger partial charge in [0.25, 0.3) is 5.91 Å². The lowest BCUT2D eigenvalue weighted by Crippen LogP contribution is -2.31. The molecule has 0 radical (unpaired) electrons. The number of rotatable bonds is 5. The first-order valence-corrected chi connectivity index (χ1v) is 8.19. The molecule has 24 heavy (non-hydrogen) atoms. The number of aromatic nitrogens is 2. The minimum Gasteiger partial charge on any atom is -0.495 e. The molecule has 0 bridgehead atoms. The number of amides is 1. The van der Waals surface area contributed by atoms with Crippen molar-refractivity contribution in [1.29, 1.82) is 0 Å². The quantitative estimate of drug-likeness (QED) is 0.901. The average molecular weight is 350 g/mol. The van der Waals surface area contributed by atoms with Crippen LogP contribution in [0.2, 0.25) is 5.02 Å². The number of methoxy groups -OCH3 is 1. The van der Waals surface area contributed by atoms with Gasteiger partial charge in [0, 0.05) is 37.9 Å². The van der Waals surface area contributed by atoms with Crippen molar-refractivity contribution in [2.75, 3.05) is 20.3 Å². The lowest BCUT2D eigenvalue weighted by Gasteiger charge is -2.19. The number of nitrogens with one attached hydrogen (secondary N) is 1. The van der Waals surface area contributed by atoms with E-state index in [4.69, 9.17) is 21.1 Å². The molecule has 0 saturated carbocycles. The molecule has 1 fully saturated rings. The highest BCUT2D eigenvalue weighted by Gasteiger charge is 2.31. The summed E-state index contributed by atoms with van der Waals surface area (Å²) >= 11 is 5.99. The van der Waals surface area contributed by atoms with Crippen LogP contribution in [0.5, 0.6) is 5.75 Å². The number of carbonyl (C=O) groups excluding carboxylic acids is 1. The molecular formula is C17H20ClN3O3. The highest BCUT2D eigenvalue weighted by atomic mass is 35.5. The van der Waals surface area contributed by atoms with Crippen molar-refractivity contribution in [3.05, 3.63) is 46.7 Å². The van der Waals surface area contributed by atoms with Gasteiger partial charge < -0.3 is 14.8 Å². The minimum absolute atomic E-state index is 0.0439. The summed E-state index contributed by atoms with van der Waals surface area (Å²) in [5, 5.41) is 7.65. The van der Waals surface area contributed by atoms with Crippen molar-refractivity contribution in [2.24, 2.45) is 13.0 Å². The van der Waals surface area contributed by atoms with Crippen molar-refractivity contribution in [1.82, 2.24) is 15.1 Å². The zero-order chi connectivity index (χ0) is 17.1. The molecule has 6 nitrogen and oxygen atoms in total. The van der Waals surface area contributed by atoms with E-state index in [-0.39, 0.29) is 17.9 Å². The number of hydrogen-bond donors (Lipinski definition) is 1. The molecule has 2 atom stereocenters. The van der Waals surface area contributed by atoms with Crippen molar-refractivity contribution in [3.8, 4) is 5.75 Å². The lowest BCUT2D eigenvalue weighted by molar-refractivity contribution is 0.0801. The van der Waals surface area contributed by atoms with Crippen LogP contribution in [0.4, 0.5) is 0 Å². The number of aryl methyl sites for hydroxylation is 1. The summed E-state index contributed by atoms with van der Waals surface area (Å²) in [6, 6.07) is 6.94. The van der Waals surface area contributed by atoms with E-state index in [1.165, 1.54) is 7.11 Å². The van der Waals surface area contributed by atoms with Crippen molar-refractivity contribution in [3.63, 3.8) is 0 Å². The fourth-order valence-electron chi connectivity index (χ4n) is 2.96. The van der Waals surface area contributed by atoms with E-state index in [0.29, 0.717) is 29.5 Å². The molecule has 1 aromatic carbocycles. The van der Waals surface area contributed by atoms with Crippen LogP contribution in [0, 0.1) is 5.92 Å². The Labute approximate surface area is 145 Å². The first-order chi connectivity index (χ1) is 11.6. The smallest absolute Gasteiger partial charge is 0.251 e. The second-order valence-corrected chi connectivity index (χ2v) is 6.19. The van der Waals surface area contributed by atoms with Crippen LogP contribution in [-0.4, -0.2) is 35.9 Å². The molecule has 1 amide bonds. The second-order valence-electron chi connectivity index (χ2n) is 5.78. The van der Waals surface area contributed by atoms with Crippen molar-refractivity contribution < 1.29 is 14.3 Å². The molecule has 2 heterocycles.